The molecule has 0 saturated heterocycles. The monoisotopic (exact) mass is 1120 g/mol. The van der Waals surface area contributed by atoms with E-state index in [0.717, 1.165) is 154 Å². The van der Waals surface area contributed by atoms with E-state index in [2.05, 4.69) is 179 Å². The Labute approximate surface area is 499 Å². The van der Waals surface area contributed by atoms with Gasteiger partial charge in [-0.1, -0.05) is 288 Å². The van der Waals surface area contributed by atoms with E-state index in [1.165, 1.54) is 77.0 Å². The minimum Gasteiger partial charge on any atom is -0.462 e. The van der Waals surface area contributed by atoms with Crippen LogP contribution >= 0.6 is 0 Å². The van der Waals surface area contributed by atoms with E-state index in [-0.39, 0.29) is 37.5 Å². The SMILES string of the molecule is CC/C=C\C/C=C\C/C=C\C/C=C\C/C=C\C/C=C\C/C=C\C/C=C\CCCCCCC(=O)OCC(COC(=O)CCCCCCCCCCCCCCCCC)OC(=O)CCCCC/C=C\C/C=C\C/C=C\C/C=C\C/C=C\CC. The number of unbranched alkanes of at least 4 members (excludes halogenated alkanes) is 21. The average molecular weight is 1120 g/mol. The minimum atomic E-state index is -0.814. The third-order valence-corrected chi connectivity index (χ3v) is 13.5. The number of carbonyl (C=O) groups is 3. The zero-order valence-corrected chi connectivity index (χ0v) is 52.2. The summed E-state index contributed by atoms with van der Waals surface area (Å²) in [5.74, 6) is -0.962. The lowest BCUT2D eigenvalue weighted by Crippen LogP contribution is -2.30. The van der Waals surface area contributed by atoms with Crippen molar-refractivity contribution in [2.75, 3.05) is 13.2 Å². The zero-order valence-electron chi connectivity index (χ0n) is 52.2. The fraction of sp³-hybridized carbons (Fsp3) is 0.613. The third kappa shape index (κ3) is 65.7. The summed E-state index contributed by atoms with van der Waals surface area (Å²) in [6.07, 6.45) is 98.2. The summed E-state index contributed by atoms with van der Waals surface area (Å²) in [4.78, 5) is 38.4. The van der Waals surface area contributed by atoms with Crippen LogP contribution in [-0.4, -0.2) is 37.2 Å². The number of ether oxygens (including phenoxy) is 3. The smallest absolute Gasteiger partial charge is 0.306 e. The van der Waals surface area contributed by atoms with Crippen LogP contribution in [0.25, 0.3) is 0 Å². The second-order valence-electron chi connectivity index (χ2n) is 21.3. The Bertz CT molecular complexity index is 1810. The molecule has 0 bridgehead atoms. The molecular weight excluding hydrogens is 997 g/mol. The van der Waals surface area contributed by atoms with Crippen LogP contribution in [0.3, 0.4) is 0 Å². The summed E-state index contributed by atoms with van der Waals surface area (Å²) in [6, 6.07) is 0. The first kappa shape index (κ1) is 76.0. The first-order valence-corrected chi connectivity index (χ1v) is 33.0. The highest BCUT2D eigenvalue weighted by Crippen LogP contribution is 2.15. The Morgan fingerprint density at radius 2 is 0.481 bits per heavy atom. The van der Waals surface area contributed by atoms with Gasteiger partial charge >= 0.3 is 17.9 Å². The zero-order chi connectivity index (χ0) is 58.5. The van der Waals surface area contributed by atoms with E-state index in [0.29, 0.717) is 19.3 Å². The number of rotatable bonds is 58. The predicted octanol–water partition coefficient (Wildman–Crippen LogP) is 22.9. The molecule has 1 unspecified atom stereocenters. The van der Waals surface area contributed by atoms with Gasteiger partial charge in [0.1, 0.15) is 13.2 Å². The molecule has 0 spiro atoms. The van der Waals surface area contributed by atoms with Gasteiger partial charge in [-0.3, -0.25) is 14.4 Å². The largest absolute Gasteiger partial charge is 0.462 e. The van der Waals surface area contributed by atoms with Gasteiger partial charge in [-0.05, 0) is 128 Å². The van der Waals surface area contributed by atoms with Crippen molar-refractivity contribution in [3.05, 3.63) is 158 Å². The Kier molecular flexibility index (Phi) is 63.4. The number of allylic oxidation sites excluding steroid dienone is 26. The van der Waals surface area contributed by atoms with E-state index in [4.69, 9.17) is 14.2 Å². The molecule has 0 heterocycles. The lowest BCUT2D eigenvalue weighted by molar-refractivity contribution is -0.167. The summed E-state index contributed by atoms with van der Waals surface area (Å²) < 4.78 is 16.9. The van der Waals surface area contributed by atoms with Crippen LogP contribution in [0.15, 0.2) is 158 Å². The quantitative estimate of drug-likeness (QED) is 0.0261. The molecule has 0 aliphatic heterocycles. The predicted molar refractivity (Wildman–Crippen MR) is 352 cm³/mol. The van der Waals surface area contributed by atoms with Gasteiger partial charge in [-0.2, -0.15) is 0 Å². The molecule has 0 fully saturated rings. The van der Waals surface area contributed by atoms with Gasteiger partial charge in [0, 0.05) is 19.3 Å². The second kappa shape index (κ2) is 67.5. The molecule has 6 nitrogen and oxygen atoms in total. The summed E-state index contributed by atoms with van der Waals surface area (Å²) in [5.41, 5.74) is 0. The molecule has 0 saturated carbocycles. The second-order valence-corrected chi connectivity index (χ2v) is 21.3. The molecule has 0 aliphatic carbocycles. The van der Waals surface area contributed by atoms with Gasteiger partial charge in [0.25, 0.3) is 0 Å². The van der Waals surface area contributed by atoms with Crippen LogP contribution in [-0.2, 0) is 28.6 Å². The fourth-order valence-corrected chi connectivity index (χ4v) is 8.66. The third-order valence-electron chi connectivity index (χ3n) is 13.5. The Balaban J connectivity index is 4.47. The molecule has 0 N–H and O–H groups in total. The van der Waals surface area contributed by atoms with E-state index < -0.39 is 6.10 Å². The van der Waals surface area contributed by atoms with Crippen molar-refractivity contribution in [2.45, 2.75) is 284 Å². The van der Waals surface area contributed by atoms with Crippen molar-refractivity contribution in [2.24, 2.45) is 0 Å². The van der Waals surface area contributed by atoms with Crippen LogP contribution in [0.2, 0.25) is 0 Å². The number of carbonyl (C=O) groups excluding carboxylic acids is 3. The number of esters is 3. The lowest BCUT2D eigenvalue weighted by Gasteiger charge is -2.18. The molecule has 0 aromatic heterocycles. The Morgan fingerprint density at radius 3 is 0.765 bits per heavy atom. The average Bonchev–Trinajstić information content (AvgIpc) is 3.47. The maximum absolute atomic E-state index is 12.9. The molecule has 0 aromatic rings. The van der Waals surface area contributed by atoms with Gasteiger partial charge in [0.15, 0.2) is 6.10 Å². The van der Waals surface area contributed by atoms with Crippen LogP contribution in [0, 0.1) is 0 Å². The van der Waals surface area contributed by atoms with E-state index in [1.54, 1.807) is 0 Å². The van der Waals surface area contributed by atoms with Crippen molar-refractivity contribution in [1.29, 1.82) is 0 Å². The van der Waals surface area contributed by atoms with Crippen molar-refractivity contribution in [3.8, 4) is 0 Å². The summed E-state index contributed by atoms with van der Waals surface area (Å²) in [5, 5.41) is 0. The first-order valence-electron chi connectivity index (χ1n) is 33.0. The summed E-state index contributed by atoms with van der Waals surface area (Å²) >= 11 is 0. The molecular formula is C75H120O6. The van der Waals surface area contributed by atoms with Gasteiger partial charge in [0.2, 0.25) is 0 Å². The maximum atomic E-state index is 12.9. The summed E-state index contributed by atoms with van der Waals surface area (Å²) in [7, 11) is 0. The van der Waals surface area contributed by atoms with Crippen molar-refractivity contribution >= 4 is 17.9 Å². The lowest BCUT2D eigenvalue weighted by atomic mass is 10.0. The van der Waals surface area contributed by atoms with Gasteiger partial charge in [-0.25, -0.2) is 0 Å². The normalized spacial score (nSPS) is 13.2. The molecule has 1 atom stereocenters. The fourth-order valence-electron chi connectivity index (χ4n) is 8.66. The Morgan fingerprint density at radius 1 is 0.259 bits per heavy atom. The highest BCUT2D eigenvalue weighted by Gasteiger charge is 2.19. The van der Waals surface area contributed by atoms with Gasteiger partial charge in [0.05, 0.1) is 0 Å². The van der Waals surface area contributed by atoms with Crippen LogP contribution < -0.4 is 0 Å². The molecule has 81 heavy (non-hydrogen) atoms. The van der Waals surface area contributed by atoms with Crippen LogP contribution in [0.1, 0.15) is 278 Å². The van der Waals surface area contributed by atoms with Crippen molar-refractivity contribution in [3.63, 3.8) is 0 Å². The van der Waals surface area contributed by atoms with Crippen molar-refractivity contribution in [1.82, 2.24) is 0 Å². The standard InChI is InChI=1S/C75H120O6/c1-4-7-10-13-16-19-22-25-28-30-32-33-34-35-36-37-38-39-40-41-43-44-47-50-53-56-59-62-65-68-74(77)80-71-72(70-79-73(76)67-64-61-58-55-52-49-46-27-24-21-18-15-12-9-6-3)81-75(78)69-66-63-60-57-54-51-48-45-42-31-29-26-23-20-17-14-11-8-5-2/h7-8,10-11,16-17,19-20,25-26,28-29,32-33,35-36,38-39,41-43,45,47,50-51,54,72H,4-6,9,12-15,18,21-24,27,30-31,34,37,40,44,46,48-49,52-53,55-71H2,1-3H3/b10-7-,11-8-,19-16-,20-17-,28-25-,29-26-,33-32-,36-35-,39-38-,43-41-,45-42-,50-47-,54-51-. The van der Waals surface area contributed by atoms with E-state index >= 15 is 0 Å². The highest BCUT2D eigenvalue weighted by atomic mass is 16.6. The summed E-state index contributed by atoms with van der Waals surface area (Å²) in [6.45, 7) is 6.37. The molecule has 0 amide bonds. The van der Waals surface area contributed by atoms with E-state index in [9.17, 15) is 14.4 Å². The molecule has 456 valence electrons. The molecule has 0 rings (SSSR count). The number of hydrogen-bond donors (Lipinski definition) is 0. The van der Waals surface area contributed by atoms with Gasteiger partial charge in [-0.15, -0.1) is 0 Å². The van der Waals surface area contributed by atoms with Gasteiger partial charge < -0.3 is 14.2 Å². The molecule has 6 heteroatoms. The number of hydrogen-bond acceptors (Lipinski definition) is 6. The minimum absolute atomic E-state index is 0.104. The molecule has 0 aromatic carbocycles. The Hall–Kier alpha value is -4.97. The van der Waals surface area contributed by atoms with Crippen LogP contribution in [0.5, 0.6) is 0 Å². The topological polar surface area (TPSA) is 78.9 Å². The maximum Gasteiger partial charge on any atom is 0.306 e. The van der Waals surface area contributed by atoms with Crippen LogP contribution in [0.4, 0.5) is 0 Å². The van der Waals surface area contributed by atoms with Crippen molar-refractivity contribution < 1.29 is 28.6 Å². The van der Waals surface area contributed by atoms with E-state index in [1.807, 2.05) is 0 Å². The molecule has 0 radical (unpaired) electrons. The molecule has 0 aliphatic rings. The first-order chi connectivity index (χ1) is 40.0. The highest BCUT2D eigenvalue weighted by molar-refractivity contribution is 5.71.